The Labute approximate surface area is 191 Å². The highest BCUT2D eigenvalue weighted by Crippen LogP contribution is 2.27. The molecule has 0 radical (unpaired) electrons. The number of imidazole rings is 1. The predicted molar refractivity (Wildman–Crippen MR) is 122 cm³/mol. The van der Waals surface area contributed by atoms with Crippen LogP contribution in [0.15, 0.2) is 36.8 Å². The Hall–Kier alpha value is -3.53. The molecule has 174 valence electrons. The Morgan fingerprint density at radius 2 is 1.91 bits per heavy atom. The molecule has 33 heavy (non-hydrogen) atoms. The topological polar surface area (TPSA) is 101 Å². The Morgan fingerprint density at radius 3 is 2.64 bits per heavy atom. The Kier molecular flexibility index (Phi) is 6.28. The predicted octanol–water partition coefficient (Wildman–Crippen LogP) is 3.77. The van der Waals surface area contributed by atoms with Crippen molar-refractivity contribution in [2.45, 2.75) is 26.7 Å². The first-order valence-electron chi connectivity index (χ1n) is 10.8. The van der Waals surface area contributed by atoms with E-state index in [0.29, 0.717) is 22.8 Å². The number of methoxy groups -OCH3 is 1. The van der Waals surface area contributed by atoms with Gasteiger partial charge in [-0.05, 0) is 44.9 Å². The van der Waals surface area contributed by atoms with E-state index in [1.807, 2.05) is 0 Å². The number of rotatable bonds is 6. The maximum absolute atomic E-state index is 14.6. The average Bonchev–Trinajstić information content (AvgIpc) is 3.44. The van der Waals surface area contributed by atoms with Crippen LogP contribution in [0.25, 0.3) is 17.0 Å². The standard InChI is InChI=1S/C23H27FN6O3/c1-23(2,14-33-3)20(31)26-16-11-25-21-28-19(13-30(21)12-16)17-10-15(6-7-18(17)24)27-22(32)29-8-4-5-9-29/h6-7,10-13H,4-5,8-9,14H2,1-3H3,(H,26,31)(H,27,32). The molecule has 10 heteroatoms. The molecule has 3 aromatic rings. The fourth-order valence-electron chi connectivity index (χ4n) is 3.73. The molecule has 3 heterocycles. The first-order chi connectivity index (χ1) is 15.8. The van der Waals surface area contributed by atoms with Crippen LogP contribution in [-0.2, 0) is 9.53 Å². The largest absolute Gasteiger partial charge is 0.384 e. The van der Waals surface area contributed by atoms with Crippen LogP contribution in [0.2, 0.25) is 0 Å². The van der Waals surface area contributed by atoms with Crippen LogP contribution >= 0.6 is 0 Å². The van der Waals surface area contributed by atoms with Crippen LogP contribution in [0.1, 0.15) is 26.7 Å². The lowest BCUT2D eigenvalue weighted by molar-refractivity contribution is -0.126. The van der Waals surface area contributed by atoms with Crippen LogP contribution in [0, 0.1) is 11.2 Å². The summed E-state index contributed by atoms with van der Waals surface area (Å²) in [6.45, 7) is 5.28. The number of urea groups is 1. The number of ether oxygens (including phenoxy) is 1. The van der Waals surface area contributed by atoms with Gasteiger partial charge < -0.3 is 20.3 Å². The highest BCUT2D eigenvalue weighted by molar-refractivity contribution is 5.94. The van der Waals surface area contributed by atoms with Gasteiger partial charge in [-0.1, -0.05) is 0 Å². The van der Waals surface area contributed by atoms with Gasteiger partial charge in [0.25, 0.3) is 0 Å². The van der Waals surface area contributed by atoms with E-state index in [1.54, 1.807) is 48.7 Å². The molecular formula is C23H27FN6O3. The molecule has 0 saturated carbocycles. The Balaban J connectivity index is 1.56. The normalized spacial score (nSPS) is 14.0. The van der Waals surface area contributed by atoms with Gasteiger partial charge >= 0.3 is 6.03 Å². The lowest BCUT2D eigenvalue weighted by atomic mass is 9.93. The zero-order valence-corrected chi connectivity index (χ0v) is 18.9. The van der Waals surface area contributed by atoms with Gasteiger partial charge in [-0.3, -0.25) is 9.20 Å². The summed E-state index contributed by atoms with van der Waals surface area (Å²) in [5.41, 5.74) is 0.855. The van der Waals surface area contributed by atoms with Crippen molar-refractivity contribution in [2.24, 2.45) is 5.41 Å². The van der Waals surface area contributed by atoms with Gasteiger partial charge in [-0.2, -0.15) is 0 Å². The van der Waals surface area contributed by atoms with Crippen molar-refractivity contribution in [1.29, 1.82) is 0 Å². The molecule has 0 spiro atoms. The molecule has 3 amide bonds. The van der Waals surface area contributed by atoms with Crippen LogP contribution in [0.5, 0.6) is 0 Å². The third-order valence-electron chi connectivity index (χ3n) is 5.57. The van der Waals surface area contributed by atoms with Crippen molar-refractivity contribution in [3.63, 3.8) is 0 Å². The third kappa shape index (κ3) is 4.95. The summed E-state index contributed by atoms with van der Waals surface area (Å²) in [7, 11) is 1.54. The highest BCUT2D eigenvalue weighted by Gasteiger charge is 2.28. The van der Waals surface area contributed by atoms with Crippen molar-refractivity contribution in [2.75, 3.05) is 37.4 Å². The fourth-order valence-corrected chi connectivity index (χ4v) is 3.73. The van der Waals surface area contributed by atoms with Gasteiger partial charge in [0.05, 0.1) is 29.6 Å². The second kappa shape index (κ2) is 9.14. The van der Waals surface area contributed by atoms with Crippen LogP contribution < -0.4 is 10.6 Å². The molecule has 1 aliphatic rings. The second-order valence-electron chi connectivity index (χ2n) is 8.77. The van der Waals surface area contributed by atoms with Gasteiger partial charge in [0.2, 0.25) is 11.7 Å². The maximum Gasteiger partial charge on any atom is 0.321 e. The van der Waals surface area contributed by atoms with Crippen molar-refractivity contribution in [1.82, 2.24) is 19.3 Å². The first-order valence-corrected chi connectivity index (χ1v) is 10.8. The van der Waals surface area contributed by atoms with E-state index in [1.165, 1.54) is 18.3 Å². The van der Waals surface area contributed by atoms with Gasteiger partial charge in [0.15, 0.2) is 0 Å². The summed E-state index contributed by atoms with van der Waals surface area (Å²) in [4.78, 5) is 35.3. The van der Waals surface area contributed by atoms with Crippen molar-refractivity contribution < 1.29 is 18.7 Å². The van der Waals surface area contributed by atoms with Gasteiger partial charge in [0.1, 0.15) is 5.82 Å². The number of fused-ring (bicyclic) bond motifs is 1. The number of hydrogen-bond acceptors (Lipinski definition) is 5. The molecule has 0 bridgehead atoms. The van der Waals surface area contributed by atoms with E-state index in [4.69, 9.17) is 4.74 Å². The van der Waals surface area contributed by atoms with E-state index < -0.39 is 11.2 Å². The highest BCUT2D eigenvalue weighted by atomic mass is 19.1. The van der Waals surface area contributed by atoms with E-state index in [0.717, 1.165) is 25.9 Å². The second-order valence-corrected chi connectivity index (χ2v) is 8.77. The molecule has 1 saturated heterocycles. The van der Waals surface area contributed by atoms with E-state index in [9.17, 15) is 14.0 Å². The van der Waals surface area contributed by atoms with Gasteiger partial charge in [-0.25, -0.2) is 19.2 Å². The number of benzene rings is 1. The molecule has 1 fully saturated rings. The molecule has 1 aromatic carbocycles. The minimum Gasteiger partial charge on any atom is -0.384 e. The summed E-state index contributed by atoms with van der Waals surface area (Å²) in [6.07, 6.45) is 6.76. The summed E-state index contributed by atoms with van der Waals surface area (Å²) in [5.74, 6) is -0.323. The van der Waals surface area contributed by atoms with Crippen LogP contribution in [0.4, 0.5) is 20.6 Å². The number of amides is 3. The molecule has 2 aromatic heterocycles. The Morgan fingerprint density at radius 1 is 1.15 bits per heavy atom. The lowest BCUT2D eigenvalue weighted by Crippen LogP contribution is -2.34. The van der Waals surface area contributed by atoms with E-state index >= 15 is 0 Å². The lowest BCUT2D eigenvalue weighted by Gasteiger charge is -2.22. The van der Waals surface area contributed by atoms with E-state index in [2.05, 4.69) is 20.6 Å². The smallest absolute Gasteiger partial charge is 0.321 e. The summed E-state index contributed by atoms with van der Waals surface area (Å²) in [6, 6.07) is 4.19. The molecular weight excluding hydrogens is 427 g/mol. The first kappa shape index (κ1) is 22.7. The number of carbonyl (C=O) groups is 2. The monoisotopic (exact) mass is 454 g/mol. The minimum atomic E-state index is -0.715. The van der Waals surface area contributed by atoms with Crippen molar-refractivity contribution in [3.8, 4) is 11.3 Å². The molecule has 9 nitrogen and oxygen atoms in total. The number of nitrogens with zero attached hydrogens (tertiary/aromatic N) is 4. The quantitative estimate of drug-likeness (QED) is 0.590. The van der Waals surface area contributed by atoms with Crippen LogP contribution in [0.3, 0.4) is 0 Å². The number of nitrogens with one attached hydrogen (secondary N) is 2. The summed E-state index contributed by atoms with van der Waals surface area (Å²) < 4.78 is 21.3. The van der Waals surface area contributed by atoms with E-state index in [-0.39, 0.29) is 24.1 Å². The number of hydrogen-bond donors (Lipinski definition) is 2. The maximum atomic E-state index is 14.6. The average molecular weight is 455 g/mol. The number of halogens is 1. The molecule has 4 rings (SSSR count). The molecule has 0 unspecified atom stereocenters. The fraction of sp³-hybridized carbons (Fsp3) is 0.391. The van der Waals surface area contributed by atoms with Gasteiger partial charge in [-0.15, -0.1) is 0 Å². The molecule has 0 aliphatic carbocycles. The minimum absolute atomic E-state index is 0.196. The van der Waals surface area contributed by atoms with Crippen molar-refractivity contribution in [3.05, 3.63) is 42.6 Å². The molecule has 2 N–H and O–H groups in total. The number of carbonyl (C=O) groups excluding carboxylic acids is 2. The summed E-state index contributed by atoms with van der Waals surface area (Å²) in [5, 5.41) is 5.64. The number of aromatic nitrogens is 3. The van der Waals surface area contributed by atoms with Gasteiger partial charge in [0, 0.05) is 43.8 Å². The molecule has 0 atom stereocenters. The van der Waals surface area contributed by atoms with Crippen molar-refractivity contribution >= 4 is 29.1 Å². The van der Waals surface area contributed by atoms with Crippen LogP contribution in [-0.4, -0.2) is 58.0 Å². The Bertz CT molecular complexity index is 1190. The SMILES string of the molecule is COCC(C)(C)C(=O)Nc1cnc2nc(-c3cc(NC(=O)N4CCCC4)ccc3F)cn2c1. The number of anilines is 2. The number of likely N-dealkylation sites (tertiary alicyclic amines) is 1. The third-order valence-corrected chi connectivity index (χ3v) is 5.57. The summed E-state index contributed by atoms with van der Waals surface area (Å²) >= 11 is 0. The zero-order valence-electron chi connectivity index (χ0n) is 18.9. The zero-order chi connectivity index (χ0) is 23.6. The molecule has 1 aliphatic heterocycles.